The van der Waals surface area contributed by atoms with E-state index >= 15 is 0 Å². The van der Waals surface area contributed by atoms with Gasteiger partial charge in [-0.3, -0.25) is 4.79 Å². The number of para-hydroxylation sites is 1. The number of fused-ring (bicyclic) bond motifs is 4. The van der Waals surface area contributed by atoms with Crippen LogP contribution in [0.15, 0.2) is 84.9 Å². The van der Waals surface area contributed by atoms with Crippen LogP contribution in [-0.4, -0.2) is 36.8 Å². The van der Waals surface area contributed by atoms with E-state index in [1.54, 1.807) is 4.90 Å². The third kappa shape index (κ3) is 4.53. The van der Waals surface area contributed by atoms with Crippen LogP contribution in [0, 0.1) is 0 Å². The van der Waals surface area contributed by atoms with E-state index in [1.165, 1.54) is 0 Å². The predicted octanol–water partition coefficient (Wildman–Crippen LogP) is 6.81. The van der Waals surface area contributed by atoms with Crippen molar-refractivity contribution in [3.63, 3.8) is 0 Å². The average molecular weight is 557 g/mol. The number of carbonyl (C=O) groups is 2. The second kappa shape index (κ2) is 10.7. The van der Waals surface area contributed by atoms with Gasteiger partial charge in [-0.25, -0.2) is 9.78 Å². The smallest absolute Gasteiger partial charge is 0.339 e. The van der Waals surface area contributed by atoms with Crippen LogP contribution in [0.1, 0.15) is 40.5 Å². The number of ether oxygens (including phenoxy) is 3. The average Bonchev–Trinajstić information content (AvgIpc) is 3.66. The minimum absolute atomic E-state index is 0.220. The lowest BCUT2D eigenvalue weighted by molar-refractivity contribution is -0.121. The highest BCUT2D eigenvalue weighted by atomic mass is 16.7. The fourth-order valence-electron chi connectivity index (χ4n) is 5.92. The Kier molecular flexibility index (Phi) is 6.55. The second-order valence-electron chi connectivity index (χ2n) is 10.3. The molecule has 2 aliphatic rings. The van der Waals surface area contributed by atoms with Crippen LogP contribution in [0.2, 0.25) is 0 Å². The van der Waals surface area contributed by atoms with Crippen molar-refractivity contribution < 1.29 is 23.8 Å². The van der Waals surface area contributed by atoms with Crippen molar-refractivity contribution in [1.29, 1.82) is 0 Å². The van der Waals surface area contributed by atoms with E-state index in [-0.39, 0.29) is 19.3 Å². The Morgan fingerprint density at radius 2 is 1.69 bits per heavy atom. The molecule has 7 nitrogen and oxygen atoms in total. The van der Waals surface area contributed by atoms with Gasteiger partial charge in [0.05, 0.1) is 22.5 Å². The molecule has 4 aromatic carbocycles. The number of nitrogens with zero attached hydrogens (tertiary/aromatic N) is 2. The first-order valence-corrected chi connectivity index (χ1v) is 14.1. The number of allylic oxidation sites excluding steroid dienone is 1. The number of amides is 1. The number of rotatable bonds is 6. The standard InChI is InChI=1S/C35H28N2O5/c1-2-37(29-13-7-9-23-8-3-4-10-25(23)29)32(38)20-40-35(39)33-26-11-5-6-12-28(26)36-34-24(15-16-27(33)34)18-22-14-17-30-31(19-22)42-21-41-30/h3-14,17-19H,2,15-16,20-21H2,1H3. The van der Waals surface area contributed by atoms with Crippen LogP contribution in [0.5, 0.6) is 11.5 Å². The number of anilines is 1. The third-order valence-corrected chi connectivity index (χ3v) is 7.88. The lowest BCUT2D eigenvalue weighted by atomic mass is 10.0. The summed E-state index contributed by atoms with van der Waals surface area (Å²) in [7, 11) is 0. The molecule has 208 valence electrons. The predicted molar refractivity (Wildman–Crippen MR) is 163 cm³/mol. The summed E-state index contributed by atoms with van der Waals surface area (Å²) in [5.41, 5.74) is 5.62. The van der Waals surface area contributed by atoms with Gasteiger partial charge in [0.1, 0.15) is 0 Å². The van der Waals surface area contributed by atoms with E-state index in [2.05, 4.69) is 6.08 Å². The molecule has 2 heterocycles. The second-order valence-corrected chi connectivity index (χ2v) is 10.3. The van der Waals surface area contributed by atoms with Crippen molar-refractivity contribution in [3.05, 3.63) is 107 Å². The summed E-state index contributed by atoms with van der Waals surface area (Å²) in [6.45, 7) is 2.23. The zero-order chi connectivity index (χ0) is 28.6. The van der Waals surface area contributed by atoms with E-state index in [0.29, 0.717) is 29.8 Å². The van der Waals surface area contributed by atoms with Crippen molar-refractivity contribution in [2.45, 2.75) is 19.8 Å². The first-order valence-electron chi connectivity index (χ1n) is 14.1. The Morgan fingerprint density at radius 3 is 2.57 bits per heavy atom. The van der Waals surface area contributed by atoms with E-state index in [9.17, 15) is 9.59 Å². The number of likely N-dealkylation sites (N-methyl/N-ethyl adjacent to an activating group) is 1. The van der Waals surface area contributed by atoms with Gasteiger partial charge in [0, 0.05) is 17.3 Å². The molecule has 0 bridgehead atoms. The summed E-state index contributed by atoms with van der Waals surface area (Å²) in [4.78, 5) is 33.7. The van der Waals surface area contributed by atoms with Crippen LogP contribution in [0.25, 0.3) is 33.3 Å². The van der Waals surface area contributed by atoms with Gasteiger partial charge in [-0.1, -0.05) is 60.7 Å². The van der Waals surface area contributed by atoms with E-state index in [1.807, 2.05) is 91.9 Å². The molecule has 1 amide bonds. The van der Waals surface area contributed by atoms with Crippen LogP contribution in [-0.2, 0) is 16.0 Å². The molecular weight excluding hydrogens is 528 g/mol. The first-order chi connectivity index (χ1) is 20.6. The number of hydrogen-bond acceptors (Lipinski definition) is 6. The topological polar surface area (TPSA) is 78.0 Å². The Morgan fingerprint density at radius 1 is 0.905 bits per heavy atom. The highest BCUT2D eigenvalue weighted by molar-refractivity contribution is 6.09. The highest BCUT2D eigenvalue weighted by Gasteiger charge is 2.29. The molecule has 0 radical (unpaired) electrons. The first kappa shape index (κ1) is 25.8. The van der Waals surface area contributed by atoms with Crippen LogP contribution >= 0.6 is 0 Å². The molecule has 0 unspecified atom stereocenters. The maximum absolute atomic E-state index is 13.7. The molecule has 0 saturated carbocycles. The van der Waals surface area contributed by atoms with Crippen LogP contribution < -0.4 is 14.4 Å². The minimum Gasteiger partial charge on any atom is -0.454 e. The summed E-state index contributed by atoms with van der Waals surface area (Å²) in [5, 5.41) is 2.74. The van der Waals surface area contributed by atoms with Crippen LogP contribution in [0.3, 0.4) is 0 Å². The summed E-state index contributed by atoms with van der Waals surface area (Å²) < 4.78 is 16.7. The molecular formula is C35H28N2O5. The third-order valence-electron chi connectivity index (χ3n) is 7.88. The molecule has 7 rings (SSSR count). The van der Waals surface area contributed by atoms with Gasteiger partial charge < -0.3 is 19.1 Å². The zero-order valence-electron chi connectivity index (χ0n) is 23.1. The van der Waals surface area contributed by atoms with Crippen LogP contribution in [0.4, 0.5) is 5.69 Å². The SMILES string of the molecule is CCN(C(=O)COC(=O)c1c2c(nc3ccccc13)C(=Cc1ccc3c(c1)OCO3)CC2)c1cccc2ccccc12. The van der Waals surface area contributed by atoms with Gasteiger partial charge >= 0.3 is 5.97 Å². The lowest BCUT2D eigenvalue weighted by Gasteiger charge is -2.23. The summed E-state index contributed by atoms with van der Waals surface area (Å²) >= 11 is 0. The van der Waals surface area contributed by atoms with Crippen molar-refractivity contribution >= 4 is 50.9 Å². The molecule has 0 N–H and O–H groups in total. The Labute approximate surface area is 243 Å². The summed E-state index contributed by atoms with van der Waals surface area (Å²) in [5.74, 6) is 0.652. The maximum atomic E-state index is 13.7. The minimum atomic E-state index is -0.517. The van der Waals surface area contributed by atoms with Gasteiger partial charge in [-0.05, 0) is 72.2 Å². The van der Waals surface area contributed by atoms with Crippen molar-refractivity contribution in [2.24, 2.45) is 0 Å². The number of hydrogen-bond donors (Lipinski definition) is 0. The zero-order valence-corrected chi connectivity index (χ0v) is 23.1. The quantitative estimate of drug-likeness (QED) is 0.214. The maximum Gasteiger partial charge on any atom is 0.339 e. The van der Waals surface area contributed by atoms with E-state index in [4.69, 9.17) is 19.2 Å². The summed E-state index contributed by atoms with van der Waals surface area (Å²) in [6, 6.07) is 27.2. The fourth-order valence-corrected chi connectivity index (χ4v) is 5.92. The highest BCUT2D eigenvalue weighted by Crippen LogP contribution is 2.39. The number of benzene rings is 4. The monoisotopic (exact) mass is 556 g/mol. The van der Waals surface area contributed by atoms with Gasteiger partial charge in [0.15, 0.2) is 18.1 Å². The fraction of sp³-hybridized carbons (Fsp3) is 0.171. The van der Waals surface area contributed by atoms with E-state index < -0.39 is 5.97 Å². The van der Waals surface area contributed by atoms with Gasteiger partial charge in [0.2, 0.25) is 6.79 Å². The lowest BCUT2D eigenvalue weighted by Crippen LogP contribution is -2.34. The molecule has 0 spiro atoms. The molecule has 0 saturated heterocycles. The van der Waals surface area contributed by atoms with Crippen molar-refractivity contribution in [2.75, 3.05) is 24.8 Å². The molecule has 1 aliphatic carbocycles. The molecule has 42 heavy (non-hydrogen) atoms. The molecule has 5 aromatic rings. The van der Waals surface area contributed by atoms with Crippen molar-refractivity contribution in [3.8, 4) is 11.5 Å². The number of aromatic nitrogens is 1. The molecule has 7 heteroatoms. The molecule has 1 aromatic heterocycles. The Balaban J connectivity index is 1.19. The van der Waals surface area contributed by atoms with E-state index in [0.717, 1.165) is 56.4 Å². The van der Waals surface area contributed by atoms with Gasteiger partial charge in [-0.15, -0.1) is 0 Å². The normalized spacial score (nSPS) is 14.4. The van der Waals surface area contributed by atoms with Gasteiger partial charge in [-0.2, -0.15) is 0 Å². The molecule has 0 atom stereocenters. The Bertz CT molecular complexity index is 1910. The number of carbonyl (C=O) groups excluding carboxylic acids is 2. The Hall–Kier alpha value is -5.17. The molecule has 1 aliphatic heterocycles. The largest absolute Gasteiger partial charge is 0.454 e. The number of esters is 1. The van der Waals surface area contributed by atoms with Crippen molar-refractivity contribution in [1.82, 2.24) is 4.98 Å². The molecule has 0 fully saturated rings. The summed E-state index contributed by atoms with van der Waals surface area (Å²) in [6.07, 6.45) is 3.47. The van der Waals surface area contributed by atoms with Gasteiger partial charge in [0.25, 0.3) is 5.91 Å². The number of pyridine rings is 1.